The lowest BCUT2D eigenvalue weighted by Crippen LogP contribution is -2.35. The number of hydrogen-bond acceptors (Lipinski definition) is 10. The average Bonchev–Trinajstić information content (AvgIpc) is 3.31. The highest BCUT2D eigenvalue weighted by Gasteiger charge is 2.24. The molecule has 0 aliphatic carbocycles. The molecule has 0 saturated carbocycles. The highest BCUT2D eigenvalue weighted by Crippen LogP contribution is 2.26. The summed E-state index contributed by atoms with van der Waals surface area (Å²) in [4.78, 5) is 26.8. The molecular weight excluding hydrogens is 490 g/mol. The van der Waals surface area contributed by atoms with E-state index in [1.54, 1.807) is 0 Å². The number of carbonyl (C=O) groups excluding carboxylic acids is 1. The number of imidazole rings is 1. The summed E-state index contributed by atoms with van der Waals surface area (Å²) in [7, 11) is -5.29. The van der Waals surface area contributed by atoms with E-state index in [1.807, 2.05) is 4.72 Å². The highest BCUT2D eigenvalue weighted by atomic mass is 32.2. The van der Waals surface area contributed by atoms with Crippen LogP contribution in [0, 0.1) is 0 Å². The lowest BCUT2D eigenvalue weighted by Gasteiger charge is -2.13. The molecule has 0 bridgehead atoms. The Labute approximate surface area is 195 Å². The SMILES string of the molecule is COc1cc(OC)nc(NC(=O)NS(=O)(=O)c2cc(CNS(C)(=O)=O)ccc2-c2ncc[nH]2)n1. The topological polar surface area (TPSA) is 194 Å². The molecule has 3 aromatic rings. The Morgan fingerprint density at radius 3 is 2.29 bits per heavy atom. The van der Waals surface area contributed by atoms with Crippen molar-refractivity contribution in [3.05, 3.63) is 42.2 Å². The van der Waals surface area contributed by atoms with E-state index in [-0.39, 0.29) is 40.5 Å². The third-order valence-electron chi connectivity index (χ3n) is 4.18. The van der Waals surface area contributed by atoms with Crippen LogP contribution in [0.5, 0.6) is 11.8 Å². The summed E-state index contributed by atoms with van der Waals surface area (Å²) >= 11 is 0. The van der Waals surface area contributed by atoms with Crippen LogP contribution in [-0.2, 0) is 26.6 Å². The Balaban J connectivity index is 1.91. The quantitative estimate of drug-likeness (QED) is 0.313. The number of hydrogen-bond donors (Lipinski definition) is 4. The summed E-state index contributed by atoms with van der Waals surface area (Å²) in [5.74, 6) is 0.123. The number of nitrogens with one attached hydrogen (secondary N) is 4. The molecule has 16 heteroatoms. The van der Waals surface area contributed by atoms with Gasteiger partial charge in [0.15, 0.2) is 0 Å². The van der Waals surface area contributed by atoms with E-state index in [2.05, 4.69) is 30.0 Å². The van der Waals surface area contributed by atoms with Crippen molar-refractivity contribution in [2.75, 3.05) is 25.8 Å². The van der Waals surface area contributed by atoms with Gasteiger partial charge in [-0.05, 0) is 17.7 Å². The molecule has 182 valence electrons. The fourth-order valence-corrected chi connectivity index (χ4v) is 4.29. The second-order valence-corrected chi connectivity index (χ2v) is 10.2. The first-order valence-corrected chi connectivity index (χ1v) is 12.8. The lowest BCUT2D eigenvalue weighted by molar-refractivity contribution is 0.256. The van der Waals surface area contributed by atoms with Gasteiger partial charge < -0.3 is 14.5 Å². The minimum atomic E-state index is -4.46. The normalized spacial score (nSPS) is 11.6. The van der Waals surface area contributed by atoms with Gasteiger partial charge >= 0.3 is 6.03 Å². The molecule has 2 heterocycles. The summed E-state index contributed by atoms with van der Waals surface area (Å²) in [6.07, 6.45) is 3.90. The second-order valence-electron chi connectivity index (χ2n) is 6.70. The second kappa shape index (κ2) is 10.0. The molecule has 3 rings (SSSR count). The van der Waals surface area contributed by atoms with E-state index < -0.39 is 26.1 Å². The van der Waals surface area contributed by atoms with Crippen molar-refractivity contribution < 1.29 is 31.1 Å². The van der Waals surface area contributed by atoms with E-state index in [4.69, 9.17) is 9.47 Å². The summed E-state index contributed by atoms with van der Waals surface area (Å²) in [5, 5.41) is 2.20. The van der Waals surface area contributed by atoms with Crippen LogP contribution in [0.2, 0.25) is 0 Å². The molecule has 0 aliphatic heterocycles. The number of ether oxygens (including phenoxy) is 2. The van der Waals surface area contributed by atoms with Gasteiger partial charge in [-0.25, -0.2) is 36.1 Å². The van der Waals surface area contributed by atoms with Crippen LogP contribution in [0.1, 0.15) is 5.56 Å². The molecule has 34 heavy (non-hydrogen) atoms. The minimum absolute atomic E-state index is 0.0798. The van der Waals surface area contributed by atoms with E-state index in [0.717, 1.165) is 6.26 Å². The largest absolute Gasteiger partial charge is 0.481 e. The summed E-state index contributed by atoms with van der Waals surface area (Å²) in [5.41, 5.74) is 0.495. The Hall–Kier alpha value is -3.76. The van der Waals surface area contributed by atoms with Gasteiger partial charge in [0.25, 0.3) is 10.0 Å². The molecule has 0 unspecified atom stereocenters. The number of urea groups is 1. The Morgan fingerprint density at radius 2 is 1.74 bits per heavy atom. The van der Waals surface area contributed by atoms with Gasteiger partial charge in [-0.3, -0.25) is 5.32 Å². The molecule has 1 aromatic carbocycles. The number of amides is 2. The summed E-state index contributed by atoms with van der Waals surface area (Å²) < 4.78 is 63.2. The van der Waals surface area contributed by atoms with Crippen LogP contribution in [-0.4, -0.2) is 63.3 Å². The van der Waals surface area contributed by atoms with Gasteiger partial charge in [-0.1, -0.05) is 6.07 Å². The monoisotopic (exact) mass is 511 g/mol. The van der Waals surface area contributed by atoms with Crippen LogP contribution >= 0.6 is 0 Å². The Kier molecular flexibility index (Phi) is 7.33. The fraction of sp³-hybridized carbons (Fsp3) is 0.222. The number of benzene rings is 1. The highest BCUT2D eigenvalue weighted by molar-refractivity contribution is 7.90. The number of rotatable bonds is 9. The number of anilines is 1. The average molecular weight is 512 g/mol. The molecule has 2 aromatic heterocycles. The number of nitrogens with zero attached hydrogens (tertiary/aromatic N) is 3. The van der Waals surface area contributed by atoms with Gasteiger partial charge in [0.1, 0.15) is 5.82 Å². The Morgan fingerprint density at radius 1 is 1.06 bits per heavy atom. The molecule has 0 radical (unpaired) electrons. The lowest BCUT2D eigenvalue weighted by atomic mass is 10.1. The first-order valence-electron chi connectivity index (χ1n) is 9.39. The minimum Gasteiger partial charge on any atom is -0.481 e. The van der Waals surface area contributed by atoms with Gasteiger partial charge in [0, 0.05) is 24.5 Å². The van der Waals surface area contributed by atoms with Gasteiger partial charge in [-0.2, -0.15) is 9.97 Å². The van der Waals surface area contributed by atoms with Crippen LogP contribution in [0.3, 0.4) is 0 Å². The molecule has 0 fully saturated rings. The zero-order valence-electron chi connectivity index (χ0n) is 18.2. The number of sulfonamides is 2. The summed E-state index contributed by atoms with van der Waals surface area (Å²) in [6.45, 7) is -0.163. The molecule has 0 aliphatic rings. The molecule has 14 nitrogen and oxygen atoms in total. The zero-order chi connectivity index (χ0) is 24.9. The maximum atomic E-state index is 13.1. The van der Waals surface area contributed by atoms with E-state index >= 15 is 0 Å². The van der Waals surface area contributed by atoms with Crippen LogP contribution in [0.25, 0.3) is 11.4 Å². The van der Waals surface area contributed by atoms with Crippen molar-refractivity contribution in [3.8, 4) is 23.1 Å². The maximum absolute atomic E-state index is 13.1. The van der Waals surface area contributed by atoms with Gasteiger partial charge in [-0.15, -0.1) is 0 Å². The molecule has 4 N–H and O–H groups in total. The maximum Gasteiger partial charge on any atom is 0.335 e. The number of carbonyl (C=O) groups is 1. The predicted molar refractivity (Wildman–Crippen MR) is 120 cm³/mol. The van der Waals surface area contributed by atoms with Crippen LogP contribution in [0.15, 0.2) is 41.6 Å². The smallest absolute Gasteiger partial charge is 0.335 e. The van der Waals surface area contributed by atoms with Gasteiger partial charge in [0.05, 0.1) is 31.4 Å². The molecular formula is C18H21N7O7S2. The number of aromatic amines is 1. The first-order chi connectivity index (χ1) is 16.0. The Bertz CT molecular complexity index is 1370. The predicted octanol–water partition coefficient (Wildman–Crippen LogP) is 0.444. The zero-order valence-corrected chi connectivity index (χ0v) is 19.8. The van der Waals surface area contributed by atoms with E-state index in [0.29, 0.717) is 5.56 Å². The number of aromatic nitrogens is 4. The van der Waals surface area contributed by atoms with Crippen LogP contribution in [0.4, 0.5) is 10.7 Å². The van der Waals surface area contributed by atoms with Crippen molar-refractivity contribution in [3.63, 3.8) is 0 Å². The van der Waals surface area contributed by atoms with Crippen molar-refractivity contribution in [1.29, 1.82) is 0 Å². The van der Waals surface area contributed by atoms with Crippen molar-refractivity contribution >= 4 is 32.0 Å². The molecule has 0 spiro atoms. The third kappa shape index (κ3) is 6.40. The third-order valence-corrected chi connectivity index (χ3v) is 6.22. The van der Waals surface area contributed by atoms with Crippen LogP contribution < -0.4 is 24.2 Å². The standard InChI is InChI=1S/C18H21N7O7S2/c1-31-14-9-15(32-2)23-17(22-14)24-18(26)25-34(29,30)13-8-11(10-21-33(3,27)28)4-5-12(13)16-19-6-7-20-16/h4-9,21H,10H2,1-3H3,(H,19,20)(H2,22,23,24,25,26). The molecule has 0 atom stereocenters. The number of methoxy groups -OCH3 is 2. The van der Waals surface area contributed by atoms with E-state index in [9.17, 15) is 21.6 Å². The van der Waals surface area contributed by atoms with Crippen molar-refractivity contribution in [2.24, 2.45) is 0 Å². The molecule has 0 saturated heterocycles. The number of H-pyrrole nitrogens is 1. The van der Waals surface area contributed by atoms with Gasteiger partial charge in [0.2, 0.25) is 27.7 Å². The summed E-state index contributed by atoms with van der Waals surface area (Å²) in [6, 6.07) is 4.43. The van der Waals surface area contributed by atoms with E-state index in [1.165, 1.54) is 50.9 Å². The van der Waals surface area contributed by atoms with Crippen molar-refractivity contribution in [2.45, 2.75) is 11.4 Å². The fourth-order valence-electron chi connectivity index (χ4n) is 2.69. The molecule has 2 amide bonds. The first kappa shape index (κ1) is 24.9. The van der Waals surface area contributed by atoms with Crippen molar-refractivity contribution in [1.82, 2.24) is 29.4 Å².